The van der Waals surface area contributed by atoms with E-state index in [0.29, 0.717) is 6.61 Å². The Bertz CT molecular complexity index is 639. The predicted octanol–water partition coefficient (Wildman–Crippen LogP) is 2.83. The molecule has 0 aliphatic heterocycles. The molecule has 0 fully saturated rings. The number of carbonyl (C=O) groups excluding carboxylic acids is 1. The minimum absolute atomic E-state index is 0.177. The highest BCUT2D eigenvalue weighted by Gasteiger charge is 2.17. The Morgan fingerprint density at radius 1 is 1.30 bits per heavy atom. The normalized spacial score (nSPS) is 11.8. The van der Waals surface area contributed by atoms with Crippen molar-refractivity contribution in [3.63, 3.8) is 0 Å². The molecule has 2 aromatic rings. The lowest BCUT2D eigenvalue weighted by Crippen LogP contribution is -2.31. The molecule has 1 aromatic heterocycles. The maximum atomic E-state index is 11.7. The number of carbonyl (C=O) groups is 1. The van der Waals surface area contributed by atoms with Crippen LogP contribution in [0.5, 0.6) is 0 Å². The number of benzene rings is 1. The first-order chi connectivity index (χ1) is 11.1. The van der Waals surface area contributed by atoms with Crippen molar-refractivity contribution < 1.29 is 14.3 Å². The average Bonchev–Trinajstić information content (AvgIpc) is 2.60. The largest absolute Gasteiger partial charge is 0.461 e. The van der Waals surface area contributed by atoms with Crippen LogP contribution in [0.25, 0.3) is 0 Å². The van der Waals surface area contributed by atoms with E-state index in [1.165, 1.54) is 17.2 Å². The van der Waals surface area contributed by atoms with Gasteiger partial charge in [0, 0.05) is 13.2 Å². The molecule has 122 valence electrons. The van der Waals surface area contributed by atoms with Crippen LogP contribution in [0.3, 0.4) is 0 Å². The standard InChI is InChI=1S/C16H18ClN3O3/c1-3-22-14(21)13-9-10-18-16(19-13)20(2)15(17)23-11-12-7-5-4-6-8-12/h4-10,15H,3,11H2,1-2H3. The third kappa shape index (κ3) is 4.91. The van der Waals surface area contributed by atoms with Crippen molar-refractivity contribution in [1.82, 2.24) is 9.97 Å². The van der Waals surface area contributed by atoms with Crippen molar-refractivity contribution in [3.8, 4) is 0 Å². The highest BCUT2D eigenvalue weighted by molar-refractivity contribution is 6.20. The van der Waals surface area contributed by atoms with Crippen LogP contribution in [-0.2, 0) is 16.1 Å². The topological polar surface area (TPSA) is 64.5 Å². The summed E-state index contributed by atoms with van der Waals surface area (Å²) in [5.41, 5.74) is 0.413. The summed E-state index contributed by atoms with van der Waals surface area (Å²) >= 11 is 6.22. The summed E-state index contributed by atoms with van der Waals surface area (Å²) in [6.07, 6.45) is 1.48. The van der Waals surface area contributed by atoms with Crippen LogP contribution < -0.4 is 4.90 Å². The molecule has 0 spiro atoms. The zero-order chi connectivity index (χ0) is 16.7. The molecule has 0 aliphatic rings. The predicted molar refractivity (Wildman–Crippen MR) is 87.3 cm³/mol. The lowest BCUT2D eigenvalue weighted by Gasteiger charge is -2.23. The van der Waals surface area contributed by atoms with Crippen LogP contribution in [0.4, 0.5) is 5.95 Å². The zero-order valence-electron chi connectivity index (χ0n) is 13.0. The fourth-order valence-electron chi connectivity index (χ4n) is 1.78. The van der Waals surface area contributed by atoms with Crippen LogP contribution in [0.2, 0.25) is 0 Å². The number of ether oxygens (including phenoxy) is 2. The Kier molecular flexibility index (Phi) is 6.31. The lowest BCUT2D eigenvalue weighted by molar-refractivity contribution is 0.0519. The Labute approximate surface area is 140 Å². The minimum Gasteiger partial charge on any atom is -0.461 e. The molecule has 0 radical (unpaired) electrons. The summed E-state index contributed by atoms with van der Waals surface area (Å²) in [4.78, 5) is 21.5. The molecule has 0 bridgehead atoms. The van der Waals surface area contributed by atoms with Gasteiger partial charge in [-0.15, -0.1) is 0 Å². The third-order valence-corrected chi connectivity index (χ3v) is 3.40. The Hall–Kier alpha value is -2.18. The number of nitrogens with zero attached hydrogens (tertiary/aromatic N) is 3. The lowest BCUT2D eigenvalue weighted by atomic mass is 10.2. The summed E-state index contributed by atoms with van der Waals surface area (Å²) in [6, 6.07) is 11.2. The smallest absolute Gasteiger partial charge is 0.357 e. The monoisotopic (exact) mass is 335 g/mol. The van der Waals surface area contributed by atoms with Crippen molar-refractivity contribution in [2.24, 2.45) is 0 Å². The van der Waals surface area contributed by atoms with Gasteiger partial charge in [0.1, 0.15) is 0 Å². The molecular formula is C16H18ClN3O3. The molecular weight excluding hydrogens is 318 g/mol. The molecule has 23 heavy (non-hydrogen) atoms. The van der Waals surface area contributed by atoms with Crippen molar-refractivity contribution >= 4 is 23.5 Å². The van der Waals surface area contributed by atoms with E-state index in [0.717, 1.165) is 5.56 Å². The van der Waals surface area contributed by atoms with Gasteiger partial charge in [-0.2, -0.15) is 0 Å². The van der Waals surface area contributed by atoms with E-state index in [1.54, 1.807) is 14.0 Å². The molecule has 0 N–H and O–H groups in total. The van der Waals surface area contributed by atoms with Gasteiger partial charge >= 0.3 is 5.97 Å². The fraction of sp³-hybridized carbons (Fsp3) is 0.312. The van der Waals surface area contributed by atoms with Gasteiger partial charge in [-0.25, -0.2) is 14.8 Å². The van der Waals surface area contributed by atoms with Crippen LogP contribution in [0.15, 0.2) is 42.6 Å². The van der Waals surface area contributed by atoms with Gasteiger partial charge in [0.25, 0.3) is 0 Å². The van der Waals surface area contributed by atoms with Crippen LogP contribution in [0, 0.1) is 0 Å². The number of aromatic nitrogens is 2. The SMILES string of the molecule is CCOC(=O)c1ccnc(N(C)C(Cl)OCc2ccccc2)n1. The molecule has 1 aromatic carbocycles. The first-order valence-electron chi connectivity index (χ1n) is 7.14. The molecule has 0 saturated heterocycles. The van der Waals surface area contributed by atoms with Crippen molar-refractivity contribution in [1.29, 1.82) is 0 Å². The van der Waals surface area contributed by atoms with E-state index in [4.69, 9.17) is 21.1 Å². The van der Waals surface area contributed by atoms with E-state index in [9.17, 15) is 4.79 Å². The molecule has 2 rings (SSSR count). The molecule has 1 unspecified atom stereocenters. The molecule has 0 aliphatic carbocycles. The second-order valence-electron chi connectivity index (χ2n) is 4.66. The summed E-state index contributed by atoms with van der Waals surface area (Å²) in [7, 11) is 1.69. The van der Waals surface area contributed by atoms with Gasteiger partial charge in [-0.1, -0.05) is 41.9 Å². The Morgan fingerprint density at radius 3 is 2.74 bits per heavy atom. The Morgan fingerprint density at radius 2 is 2.04 bits per heavy atom. The van der Waals surface area contributed by atoms with Crippen LogP contribution in [-0.4, -0.2) is 35.3 Å². The summed E-state index contributed by atoms with van der Waals surface area (Å²) in [6.45, 7) is 2.38. The second-order valence-corrected chi connectivity index (χ2v) is 5.04. The van der Waals surface area contributed by atoms with Crippen molar-refractivity contribution in [2.45, 2.75) is 19.2 Å². The van der Waals surface area contributed by atoms with Crippen LogP contribution in [0.1, 0.15) is 23.0 Å². The number of hydrogen-bond acceptors (Lipinski definition) is 6. The zero-order valence-corrected chi connectivity index (χ0v) is 13.7. The van der Waals surface area contributed by atoms with Gasteiger partial charge in [0.15, 0.2) is 5.69 Å². The van der Waals surface area contributed by atoms with Crippen molar-refractivity contribution in [3.05, 3.63) is 53.9 Å². The summed E-state index contributed by atoms with van der Waals surface area (Å²) in [5, 5.41) is 0. The summed E-state index contributed by atoms with van der Waals surface area (Å²) in [5.74, 6) is -0.218. The van der Waals surface area contributed by atoms with E-state index < -0.39 is 11.7 Å². The second kappa shape index (κ2) is 8.45. The molecule has 0 saturated carbocycles. The average molecular weight is 336 g/mol. The highest BCUT2D eigenvalue weighted by Crippen LogP contribution is 2.15. The fourth-order valence-corrected chi connectivity index (χ4v) is 1.93. The van der Waals surface area contributed by atoms with Gasteiger partial charge in [0.2, 0.25) is 11.6 Å². The van der Waals surface area contributed by atoms with E-state index in [-0.39, 0.29) is 18.2 Å². The van der Waals surface area contributed by atoms with E-state index >= 15 is 0 Å². The van der Waals surface area contributed by atoms with Gasteiger partial charge in [-0.3, -0.25) is 0 Å². The van der Waals surface area contributed by atoms with Crippen LogP contribution >= 0.6 is 11.6 Å². The molecule has 6 nitrogen and oxygen atoms in total. The van der Waals surface area contributed by atoms with E-state index in [2.05, 4.69) is 9.97 Å². The maximum absolute atomic E-state index is 11.7. The number of rotatable bonds is 7. The number of hydrogen-bond donors (Lipinski definition) is 0. The Balaban J connectivity index is 2.00. The quantitative estimate of drug-likeness (QED) is 0.335. The highest BCUT2D eigenvalue weighted by atomic mass is 35.5. The van der Waals surface area contributed by atoms with Gasteiger partial charge < -0.3 is 14.4 Å². The van der Waals surface area contributed by atoms with Gasteiger partial charge in [0.05, 0.1) is 13.2 Å². The van der Waals surface area contributed by atoms with Crippen molar-refractivity contribution in [2.75, 3.05) is 18.6 Å². The molecule has 0 amide bonds. The number of alkyl halides is 1. The maximum Gasteiger partial charge on any atom is 0.357 e. The molecule has 1 heterocycles. The first kappa shape index (κ1) is 17.2. The third-order valence-electron chi connectivity index (χ3n) is 2.98. The van der Waals surface area contributed by atoms with Gasteiger partial charge in [-0.05, 0) is 18.6 Å². The minimum atomic E-state index is -0.771. The molecule has 1 atom stereocenters. The summed E-state index contributed by atoms with van der Waals surface area (Å²) < 4.78 is 10.5. The number of anilines is 1. The number of halogens is 1. The van der Waals surface area contributed by atoms with E-state index in [1.807, 2.05) is 30.3 Å². The number of esters is 1. The molecule has 7 heteroatoms. The first-order valence-corrected chi connectivity index (χ1v) is 7.58.